The molecule has 0 amide bonds. The lowest BCUT2D eigenvalue weighted by Gasteiger charge is -2.31. The van der Waals surface area contributed by atoms with E-state index in [-0.39, 0.29) is 16.2 Å². The van der Waals surface area contributed by atoms with Gasteiger partial charge in [0.2, 0.25) is 0 Å². The zero-order chi connectivity index (χ0) is 55.6. The molecule has 0 saturated carbocycles. The fourth-order valence-electron chi connectivity index (χ4n) is 11.6. The summed E-state index contributed by atoms with van der Waals surface area (Å²) in [6.07, 6.45) is 6.45. The van der Waals surface area contributed by atoms with Crippen LogP contribution in [-0.4, -0.2) is 16.2 Å². The first-order valence-electron chi connectivity index (χ1n) is 28.4. The van der Waals surface area contributed by atoms with Crippen molar-refractivity contribution in [3.8, 4) is 28.4 Å². The number of anilines is 2. The fraction of sp³-hybridized carbons (Fsp3) is 0.329. The molecule has 0 N–H and O–H groups in total. The summed E-state index contributed by atoms with van der Waals surface area (Å²) >= 11 is 0. The summed E-state index contributed by atoms with van der Waals surface area (Å²) in [5.74, 6) is 3.57. The zero-order valence-electron chi connectivity index (χ0n) is 49.4. The molecular formula is C73H82N4O. The average molecular weight is 1030 g/mol. The Morgan fingerprint density at radius 2 is 0.987 bits per heavy atom. The van der Waals surface area contributed by atoms with E-state index in [0.29, 0.717) is 24.4 Å². The molecule has 3 heterocycles. The summed E-state index contributed by atoms with van der Waals surface area (Å²) in [5, 5.41) is 2.38. The molecule has 1 aliphatic rings. The van der Waals surface area contributed by atoms with Gasteiger partial charge in [0.25, 0.3) is 0 Å². The van der Waals surface area contributed by atoms with Crippen LogP contribution in [0.15, 0.2) is 176 Å². The van der Waals surface area contributed by atoms with Crippen molar-refractivity contribution in [2.24, 2.45) is 0 Å². The maximum Gasteiger partial charge on any atom is 0.138 e. The van der Waals surface area contributed by atoms with Gasteiger partial charge in [-0.2, -0.15) is 0 Å². The molecule has 0 unspecified atom stereocenters. The zero-order valence-corrected chi connectivity index (χ0v) is 49.4. The molecule has 400 valence electrons. The topological polar surface area (TPSA) is 33.5 Å². The summed E-state index contributed by atoms with van der Waals surface area (Å²) in [6, 6.07) is 58.6. The fourth-order valence-corrected chi connectivity index (χ4v) is 11.6. The summed E-state index contributed by atoms with van der Waals surface area (Å²) in [6.45, 7) is 37.7. The van der Waals surface area contributed by atoms with Crippen LogP contribution in [0.5, 0.6) is 11.5 Å². The second-order valence-electron chi connectivity index (χ2n) is 26.1. The number of aromatic nitrogens is 2. The quantitative estimate of drug-likeness (QED) is 0.115. The molecule has 9 aromatic rings. The van der Waals surface area contributed by atoms with Crippen LogP contribution < -0.4 is 14.5 Å². The van der Waals surface area contributed by atoms with E-state index in [4.69, 9.17) is 9.72 Å². The Balaban J connectivity index is 1.11. The van der Waals surface area contributed by atoms with Gasteiger partial charge < -0.3 is 14.5 Å². The predicted octanol–water partition coefficient (Wildman–Crippen LogP) is 20.0. The number of fused-ring (bicyclic) bond motifs is 3. The van der Waals surface area contributed by atoms with E-state index in [0.717, 1.165) is 34.0 Å². The van der Waals surface area contributed by atoms with Gasteiger partial charge in [-0.05, 0) is 138 Å². The van der Waals surface area contributed by atoms with Gasteiger partial charge in [0, 0.05) is 63.7 Å². The Morgan fingerprint density at radius 3 is 1.56 bits per heavy atom. The molecule has 0 bridgehead atoms. The summed E-state index contributed by atoms with van der Waals surface area (Å²) < 4.78 is 9.73. The largest absolute Gasteiger partial charge is 0.457 e. The van der Waals surface area contributed by atoms with Gasteiger partial charge in [0.1, 0.15) is 17.3 Å². The first-order valence-corrected chi connectivity index (χ1v) is 28.4. The molecule has 0 radical (unpaired) electrons. The van der Waals surface area contributed by atoms with Crippen LogP contribution in [0.3, 0.4) is 0 Å². The first kappa shape index (κ1) is 54.0. The molecule has 1 aliphatic heterocycles. The van der Waals surface area contributed by atoms with E-state index >= 15 is 0 Å². The Labute approximate surface area is 466 Å². The summed E-state index contributed by atoms with van der Waals surface area (Å²) in [4.78, 5) is 9.97. The highest BCUT2D eigenvalue weighted by atomic mass is 16.5. The third-order valence-corrected chi connectivity index (χ3v) is 16.7. The number of ether oxygens (including phenoxy) is 1. The molecule has 5 heteroatoms. The van der Waals surface area contributed by atoms with E-state index < -0.39 is 5.41 Å². The van der Waals surface area contributed by atoms with Gasteiger partial charge in [0.15, 0.2) is 0 Å². The van der Waals surface area contributed by atoms with Crippen LogP contribution >= 0.6 is 0 Å². The highest BCUT2D eigenvalue weighted by Gasteiger charge is 2.32. The van der Waals surface area contributed by atoms with E-state index in [9.17, 15) is 0 Å². The third kappa shape index (κ3) is 10.3. The smallest absolute Gasteiger partial charge is 0.138 e. The monoisotopic (exact) mass is 1030 g/mol. The number of benzene rings is 7. The maximum absolute atomic E-state index is 7.35. The van der Waals surface area contributed by atoms with Crippen LogP contribution in [0.4, 0.5) is 11.4 Å². The van der Waals surface area contributed by atoms with Gasteiger partial charge in [-0.3, -0.25) is 4.57 Å². The Bertz CT molecular complexity index is 3660. The van der Waals surface area contributed by atoms with E-state index in [1.165, 1.54) is 77.7 Å². The molecular weight excluding hydrogens is 949 g/mol. The molecule has 2 aromatic heterocycles. The number of hydrogen-bond donors (Lipinski definition) is 0. The minimum atomic E-state index is -0.401. The van der Waals surface area contributed by atoms with Crippen molar-refractivity contribution < 1.29 is 4.74 Å². The van der Waals surface area contributed by atoms with Crippen molar-refractivity contribution in [3.05, 3.63) is 226 Å². The lowest BCUT2D eigenvalue weighted by Crippen LogP contribution is -2.27. The van der Waals surface area contributed by atoms with Gasteiger partial charge in [-0.1, -0.05) is 208 Å². The molecule has 0 atom stereocenters. The molecule has 5 nitrogen and oxygen atoms in total. The number of hydrogen-bond acceptors (Lipinski definition) is 4. The Hall–Kier alpha value is -7.37. The van der Waals surface area contributed by atoms with Crippen molar-refractivity contribution in [1.82, 2.24) is 9.55 Å². The van der Waals surface area contributed by atoms with Crippen LogP contribution in [-0.2, 0) is 21.7 Å². The lowest BCUT2D eigenvalue weighted by molar-refractivity contribution is 0.477. The van der Waals surface area contributed by atoms with Crippen molar-refractivity contribution in [1.29, 1.82) is 0 Å². The Morgan fingerprint density at radius 1 is 0.462 bits per heavy atom. The van der Waals surface area contributed by atoms with E-state index in [1.807, 2.05) is 6.20 Å². The molecule has 0 aliphatic carbocycles. The lowest BCUT2D eigenvalue weighted by atomic mass is 9.75. The second kappa shape index (κ2) is 20.5. The number of rotatable bonds is 13. The minimum absolute atomic E-state index is 0.0306. The molecule has 7 aromatic carbocycles. The van der Waals surface area contributed by atoms with Gasteiger partial charge >= 0.3 is 0 Å². The summed E-state index contributed by atoms with van der Waals surface area (Å²) in [5.41, 5.74) is 17.9. The highest BCUT2D eigenvalue weighted by molar-refractivity contribution is 6.12. The highest BCUT2D eigenvalue weighted by Crippen LogP contribution is 2.47. The number of para-hydroxylation sites is 1. The molecule has 10 rings (SSSR count). The van der Waals surface area contributed by atoms with Gasteiger partial charge in [-0.25, -0.2) is 4.98 Å². The van der Waals surface area contributed by atoms with E-state index in [2.05, 4.69) is 295 Å². The predicted molar refractivity (Wildman–Crippen MR) is 333 cm³/mol. The van der Waals surface area contributed by atoms with Gasteiger partial charge in [-0.15, -0.1) is 0 Å². The molecule has 0 saturated heterocycles. The van der Waals surface area contributed by atoms with Crippen LogP contribution in [0.1, 0.15) is 179 Å². The minimum Gasteiger partial charge on any atom is -0.457 e. The number of nitrogens with zero attached hydrogens (tertiary/aromatic N) is 4. The normalized spacial score (nSPS) is 13.6. The SMILES string of the molecule is CC(C)c1cc(C(C)C)c(-c2ccnc(-n3c4ccccc4c4c(C(C)(C)c5ccccc5)cc(Oc5cc(N6C=CN(c7cc(C(C)(C)C)cc(C(C)(C)c8ccccc8)c7)C6)cc(C(C)(C)C)c5)cc43)c2)c(C(C)C)c1. The second-order valence-corrected chi connectivity index (χ2v) is 26.1. The van der Waals surface area contributed by atoms with Crippen LogP contribution in [0, 0.1) is 0 Å². The molecule has 0 spiro atoms. The van der Waals surface area contributed by atoms with Crippen molar-refractivity contribution in [2.75, 3.05) is 16.5 Å². The van der Waals surface area contributed by atoms with Crippen molar-refractivity contribution in [2.45, 2.75) is 150 Å². The van der Waals surface area contributed by atoms with Crippen molar-refractivity contribution >= 4 is 33.2 Å². The molecule has 0 fully saturated rings. The number of pyridine rings is 1. The third-order valence-electron chi connectivity index (χ3n) is 16.7. The van der Waals surface area contributed by atoms with Crippen LogP contribution in [0.2, 0.25) is 0 Å². The van der Waals surface area contributed by atoms with Crippen molar-refractivity contribution in [3.63, 3.8) is 0 Å². The standard InChI is InChI=1S/C73H82N4O/c1-47(2)51-35-62(48(3)4)68(63(36-51)49(5)6)50-31-32-74-67(37-50)77-65-30-24-23-29-61(65)69-64(73(15,16)53-27-21-18-22-28-53)44-60(45-66(69)77)78-59-42-55(71(10,11)12)40-58(43-59)76-34-33-75(46-76)57-39-54(70(7,8)9)38-56(41-57)72(13,14)52-25-19-17-20-26-52/h17-45,47-49H,46H2,1-16H3. The maximum atomic E-state index is 7.35. The molecule has 78 heavy (non-hydrogen) atoms. The average Bonchev–Trinajstić information content (AvgIpc) is 4.26. The summed E-state index contributed by atoms with van der Waals surface area (Å²) in [7, 11) is 0. The first-order chi connectivity index (χ1) is 36.9. The van der Waals surface area contributed by atoms with Crippen LogP contribution in [0.25, 0.3) is 38.8 Å². The van der Waals surface area contributed by atoms with E-state index in [1.54, 1.807) is 0 Å². The Kier molecular flexibility index (Phi) is 14.2. The van der Waals surface area contributed by atoms with Gasteiger partial charge in [0.05, 0.1) is 17.7 Å².